The van der Waals surface area contributed by atoms with Gasteiger partial charge in [-0.3, -0.25) is 4.79 Å². The summed E-state index contributed by atoms with van der Waals surface area (Å²) in [6.07, 6.45) is 0.558. The number of piperidine rings is 1. The molecular weight excluding hydrogens is 433 g/mol. The number of halogens is 3. The van der Waals surface area contributed by atoms with Crippen LogP contribution < -0.4 is 5.32 Å². The number of hydrogen-bond acceptors (Lipinski definition) is 4. The summed E-state index contributed by atoms with van der Waals surface area (Å²) in [6.45, 7) is 3.23. The van der Waals surface area contributed by atoms with E-state index in [4.69, 9.17) is 9.52 Å². The van der Waals surface area contributed by atoms with Crippen molar-refractivity contribution in [2.75, 3.05) is 19.6 Å². The average molecular weight is 467 g/mol. The minimum absolute atomic E-state index is 0.0882. The van der Waals surface area contributed by atoms with Gasteiger partial charge in [0.25, 0.3) is 0 Å². The number of benzene rings is 1. The zero-order chi connectivity index (χ0) is 23.4. The van der Waals surface area contributed by atoms with Crippen molar-refractivity contribution in [1.29, 1.82) is 0 Å². The Morgan fingerprint density at radius 2 is 1.82 bits per heavy atom. The summed E-state index contributed by atoms with van der Waals surface area (Å²) in [7, 11) is 0. The number of hydrogen-bond donors (Lipinski definition) is 2. The van der Waals surface area contributed by atoms with Crippen molar-refractivity contribution in [3.05, 3.63) is 36.1 Å². The van der Waals surface area contributed by atoms with Crippen molar-refractivity contribution in [3.63, 3.8) is 0 Å². The van der Waals surface area contributed by atoms with Crippen LogP contribution in [0.1, 0.15) is 62.8 Å². The van der Waals surface area contributed by atoms with E-state index in [1.165, 1.54) is 10.9 Å². The third kappa shape index (κ3) is 6.29. The number of rotatable bonds is 7. The van der Waals surface area contributed by atoms with E-state index < -0.39 is 24.6 Å². The number of alkyl halides is 3. The van der Waals surface area contributed by atoms with Gasteiger partial charge in [0.1, 0.15) is 5.58 Å². The van der Waals surface area contributed by atoms with Crippen LogP contribution in [0.5, 0.6) is 0 Å². The minimum Gasteiger partial charge on any atom is -0.464 e. The van der Waals surface area contributed by atoms with E-state index in [2.05, 4.69) is 22.3 Å². The summed E-state index contributed by atoms with van der Waals surface area (Å²) in [5.41, 5.74) is 2.28. The quantitative estimate of drug-likeness (QED) is 0.603. The number of carbonyl (C=O) groups excluding carboxylic acids is 1. The summed E-state index contributed by atoms with van der Waals surface area (Å²) in [4.78, 5) is 14.3. The van der Waals surface area contributed by atoms with Gasteiger partial charge < -0.3 is 19.7 Å². The Labute approximate surface area is 192 Å². The number of aliphatic hydroxyl groups is 1. The summed E-state index contributed by atoms with van der Waals surface area (Å²) < 4.78 is 42.9. The maximum Gasteiger partial charge on any atom is 0.414 e. The van der Waals surface area contributed by atoms with Crippen LogP contribution in [0, 0.1) is 5.92 Å². The first-order chi connectivity index (χ1) is 15.8. The number of para-hydroxylation sites is 1. The van der Waals surface area contributed by atoms with Crippen LogP contribution in [-0.4, -0.2) is 53.9 Å². The van der Waals surface area contributed by atoms with Crippen molar-refractivity contribution >= 4 is 16.9 Å². The smallest absolute Gasteiger partial charge is 0.414 e. The van der Waals surface area contributed by atoms with E-state index in [0.717, 1.165) is 70.2 Å². The number of furan rings is 1. The zero-order valence-electron chi connectivity index (χ0n) is 18.8. The molecule has 0 radical (unpaired) electrons. The number of carbonyl (C=O) groups is 1. The predicted octanol–water partition coefficient (Wildman–Crippen LogP) is 4.99. The monoisotopic (exact) mass is 466 g/mol. The molecule has 1 saturated heterocycles. The van der Waals surface area contributed by atoms with Gasteiger partial charge in [-0.15, -0.1) is 0 Å². The molecule has 2 aromatic rings. The Morgan fingerprint density at radius 3 is 2.52 bits per heavy atom. The van der Waals surface area contributed by atoms with Gasteiger partial charge in [0.05, 0.1) is 12.7 Å². The highest BCUT2D eigenvalue weighted by atomic mass is 19.4. The molecule has 1 amide bonds. The topological polar surface area (TPSA) is 65.7 Å². The van der Waals surface area contributed by atoms with Crippen LogP contribution in [0.4, 0.5) is 13.2 Å². The standard InChI is InChI=1S/C25H33F3N2O3/c26-25(27,28)23(31)15-24(32)29-19-7-5-17(6-8-19)9-12-30-13-10-18(11-14-30)21-16-33-22-4-2-1-3-20(21)22/h1-4,16-19,23,31H,5-15H2,(H,29,32)/t17?,19?,23-/m1/s1. The van der Waals surface area contributed by atoms with Crippen LogP contribution in [0.2, 0.25) is 0 Å². The Kier molecular flexibility index (Phi) is 7.64. The number of nitrogens with zero attached hydrogens (tertiary/aromatic N) is 1. The number of likely N-dealkylation sites (tertiary alicyclic amines) is 1. The predicted molar refractivity (Wildman–Crippen MR) is 120 cm³/mol. The number of amides is 1. The van der Waals surface area contributed by atoms with Crippen LogP contribution >= 0.6 is 0 Å². The van der Waals surface area contributed by atoms with Gasteiger partial charge in [-0.1, -0.05) is 18.2 Å². The Hall–Kier alpha value is -2.06. The summed E-state index contributed by atoms with van der Waals surface area (Å²) in [5, 5.41) is 12.9. The SMILES string of the molecule is O=C(C[C@@H](O)C(F)(F)F)NC1CCC(CCN2CCC(c3coc4ccccc34)CC2)CC1. The molecule has 1 aliphatic carbocycles. The van der Waals surface area contributed by atoms with Crippen molar-refractivity contribution in [3.8, 4) is 0 Å². The number of aliphatic hydroxyl groups excluding tert-OH is 1. The van der Waals surface area contributed by atoms with Crippen molar-refractivity contribution < 1.29 is 27.5 Å². The lowest BCUT2D eigenvalue weighted by Gasteiger charge is -2.34. The summed E-state index contributed by atoms with van der Waals surface area (Å²) in [5.74, 6) is 0.408. The molecule has 2 heterocycles. The van der Waals surface area contributed by atoms with Crippen LogP contribution in [0.25, 0.3) is 11.0 Å². The van der Waals surface area contributed by atoms with Gasteiger partial charge >= 0.3 is 6.18 Å². The lowest BCUT2D eigenvalue weighted by Crippen LogP contribution is -2.41. The highest BCUT2D eigenvalue weighted by molar-refractivity contribution is 5.81. The molecule has 2 N–H and O–H groups in total. The first kappa shape index (κ1) is 24.1. The lowest BCUT2D eigenvalue weighted by atomic mass is 9.83. The molecule has 1 aromatic carbocycles. The number of fused-ring (bicyclic) bond motifs is 1. The molecule has 182 valence electrons. The average Bonchev–Trinajstić information content (AvgIpc) is 3.22. The summed E-state index contributed by atoms with van der Waals surface area (Å²) in [6, 6.07) is 8.12. The van der Waals surface area contributed by atoms with Crippen LogP contribution in [-0.2, 0) is 4.79 Å². The molecule has 1 atom stereocenters. The molecule has 0 spiro atoms. The molecule has 1 saturated carbocycles. The van der Waals surface area contributed by atoms with Gasteiger partial charge in [-0.25, -0.2) is 0 Å². The second-order valence-corrected chi connectivity index (χ2v) is 9.64. The van der Waals surface area contributed by atoms with Crippen molar-refractivity contribution in [2.45, 2.75) is 75.6 Å². The van der Waals surface area contributed by atoms with E-state index >= 15 is 0 Å². The lowest BCUT2D eigenvalue weighted by molar-refractivity contribution is -0.206. The highest BCUT2D eigenvalue weighted by Gasteiger charge is 2.39. The molecule has 1 aromatic heterocycles. The molecule has 2 aliphatic rings. The van der Waals surface area contributed by atoms with Crippen LogP contribution in [0.3, 0.4) is 0 Å². The fraction of sp³-hybridized carbons (Fsp3) is 0.640. The van der Waals surface area contributed by atoms with Gasteiger partial charge in [0.2, 0.25) is 5.91 Å². The van der Waals surface area contributed by atoms with E-state index in [-0.39, 0.29) is 6.04 Å². The normalized spacial score (nSPS) is 24.1. The van der Waals surface area contributed by atoms with Crippen LogP contribution in [0.15, 0.2) is 34.9 Å². The molecule has 2 fully saturated rings. The molecular formula is C25H33F3N2O3. The van der Waals surface area contributed by atoms with E-state index in [1.54, 1.807) is 0 Å². The Morgan fingerprint density at radius 1 is 1.12 bits per heavy atom. The molecule has 4 rings (SSSR count). The summed E-state index contributed by atoms with van der Waals surface area (Å²) >= 11 is 0. The van der Waals surface area contributed by atoms with Crippen molar-refractivity contribution in [1.82, 2.24) is 10.2 Å². The fourth-order valence-electron chi connectivity index (χ4n) is 5.32. The third-order valence-electron chi connectivity index (χ3n) is 7.36. The largest absolute Gasteiger partial charge is 0.464 e. The van der Waals surface area contributed by atoms with Gasteiger partial charge in [0.15, 0.2) is 6.10 Å². The van der Waals surface area contributed by atoms with Gasteiger partial charge in [-0.2, -0.15) is 13.2 Å². The van der Waals surface area contributed by atoms with Crippen molar-refractivity contribution in [2.24, 2.45) is 5.92 Å². The van der Waals surface area contributed by atoms with E-state index in [9.17, 15) is 18.0 Å². The maximum absolute atomic E-state index is 12.4. The first-order valence-electron chi connectivity index (χ1n) is 12.0. The Bertz CT molecular complexity index is 913. The zero-order valence-corrected chi connectivity index (χ0v) is 18.8. The van der Waals surface area contributed by atoms with Gasteiger partial charge in [-0.05, 0) is 82.5 Å². The van der Waals surface area contributed by atoms with E-state index in [0.29, 0.717) is 11.8 Å². The molecule has 0 unspecified atom stereocenters. The maximum atomic E-state index is 12.4. The number of nitrogens with one attached hydrogen (secondary N) is 1. The molecule has 5 nitrogen and oxygen atoms in total. The third-order valence-corrected chi connectivity index (χ3v) is 7.36. The molecule has 8 heteroatoms. The fourth-order valence-corrected chi connectivity index (χ4v) is 5.32. The molecule has 0 bridgehead atoms. The van der Waals surface area contributed by atoms with Gasteiger partial charge in [0, 0.05) is 17.0 Å². The molecule has 33 heavy (non-hydrogen) atoms. The van der Waals surface area contributed by atoms with E-state index in [1.807, 2.05) is 18.4 Å². The second-order valence-electron chi connectivity index (χ2n) is 9.64. The Balaban J connectivity index is 1.14. The molecule has 1 aliphatic heterocycles. The first-order valence-corrected chi connectivity index (χ1v) is 12.0. The minimum atomic E-state index is -4.75. The second kappa shape index (κ2) is 10.5. The highest BCUT2D eigenvalue weighted by Crippen LogP contribution is 2.35.